The van der Waals surface area contributed by atoms with E-state index in [0.717, 1.165) is 28.8 Å². The van der Waals surface area contributed by atoms with Gasteiger partial charge in [-0.15, -0.1) is 0 Å². The number of phenols is 1. The van der Waals surface area contributed by atoms with Crippen LogP contribution in [0.3, 0.4) is 0 Å². The zero-order valence-corrected chi connectivity index (χ0v) is 13.3. The molecule has 0 radical (unpaired) electrons. The molecule has 4 rings (SSSR count). The second kappa shape index (κ2) is 5.37. The number of hydrogen-bond acceptors (Lipinski definition) is 4. The van der Waals surface area contributed by atoms with Gasteiger partial charge >= 0.3 is 0 Å². The fraction of sp³-hybridized carbons (Fsp3) is 0.263. The first-order chi connectivity index (χ1) is 11.6. The maximum absolute atomic E-state index is 11.2. The minimum Gasteiger partial charge on any atom is -0.508 e. The van der Waals surface area contributed by atoms with Crippen LogP contribution in [-0.4, -0.2) is 10.0 Å². The Morgan fingerprint density at radius 1 is 1.25 bits per heavy atom. The van der Waals surface area contributed by atoms with Crippen LogP contribution in [-0.2, 0) is 0 Å². The van der Waals surface area contributed by atoms with Gasteiger partial charge in [-0.25, -0.2) is 0 Å². The number of rotatable bonds is 2. The Labute approximate surface area is 139 Å². The highest BCUT2D eigenvalue weighted by atomic mass is 16.6. The van der Waals surface area contributed by atoms with Crippen molar-refractivity contribution in [2.75, 3.05) is 5.32 Å². The summed E-state index contributed by atoms with van der Waals surface area (Å²) in [6.45, 7) is 1.89. The zero-order valence-electron chi connectivity index (χ0n) is 13.3. The molecule has 1 aliphatic heterocycles. The molecule has 3 unspecified atom stereocenters. The molecule has 2 aromatic rings. The maximum atomic E-state index is 11.2. The summed E-state index contributed by atoms with van der Waals surface area (Å²) in [4.78, 5) is 10.9. The summed E-state index contributed by atoms with van der Waals surface area (Å²) in [6, 6.07) is 10.6. The molecule has 1 heterocycles. The molecule has 1 aliphatic carbocycles. The van der Waals surface area contributed by atoms with Gasteiger partial charge in [-0.2, -0.15) is 0 Å². The molecule has 0 saturated heterocycles. The van der Waals surface area contributed by atoms with Gasteiger partial charge in [0.2, 0.25) is 0 Å². The second-order valence-electron chi connectivity index (χ2n) is 6.52. The lowest BCUT2D eigenvalue weighted by molar-refractivity contribution is -0.385. The number of nitrogens with one attached hydrogen (secondary N) is 1. The Morgan fingerprint density at radius 3 is 2.79 bits per heavy atom. The molecule has 24 heavy (non-hydrogen) atoms. The van der Waals surface area contributed by atoms with Crippen molar-refractivity contribution in [3.63, 3.8) is 0 Å². The average Bonchev–Trinajstić information content (AvgIpc) is 3.05. The highest BCUT2D eigenvalue weighted by molar-refractivity contribution is 5.67. The van der Waals surface area contributed by atoms with Crippen LogP contribution in [0.15, 0.2) is 48.6 Å². The number of nitro benzene ring substituents is 1. The predicted molar refractivity (Wildman–Crippen MR) is 92.3 cm³/mol. The quantitative estimate of drug-likeness (QED) is 0.487. The molecule has 5 nitrogen and oxygen atoms in total. The van der Waals surface area contributed by atoms with E-state index in [1.807, 2.05) is 25.1 Å². The number of hydrogen-bond donors (Lipinski definition) is 2. The molecular weight excluding hydrogens is 304 g/mol. The van der Waals surface area contributed by atoms with Gasteiger partial charge in [0, 0.05) is 29.3 Å². The van der Waals surface area contributed by atoms with E-state index in [4.69, 9.17) is 0 Å². The predicted octanol–water partition coefficient (Wildman–Crippen LogP) is 4.44. The van der Waals surface area contributed by atoms with Crippen molar-refractivity contribution in [3.05, 3.63) is 75.4 Å². The van der Waals surface area contributed by atoms with Crippen molar-refractivity contribution in [2.24, 2.45) is 5.92 Å². The fourth-order valence-electron chi connectivity index (χ4n) is 4.03. The molecule has 2 aromatic carbocycles. The lowest BCUT2D eigenvalue weighted by Crippen LogP contribution is -2.29. The van der Waals surface area contributed by atoms with E-state index in [2.05, 4.69) is 17.5 Å². The molecule has 122 valence electrons. The van der Waals surface area contributed by atoms with Gasteiger partial charge in [0.1, 0.15) is 5.75 Å². The normalized spacial score (nSPS) is 24.1. The van der Waals surface area contributed by atoms with Crippen molar-refractivity contribution in [2.45, 2.75) is 25.3 Å². The summed E-state index contributed by atoms with van der Waals surface area (Å²) in [6.07, 6.45) is 5.16. The maximum Gasteiger partial charge on any atom is 0.270 e. The van der Waals surface area contributed by atoms with Gasteiger partial charge in [0.05, 0.1) is 11.0 Å². The number of benzene rings is 2. The van der Waals surface area contributed by atoms with Crippen LogP contribution in [0.1, 0.15) is 35.1 Å². The molecule has 0 amide bonds. The number of non-ortho nitro benzene ring substituents is 1. The first kappa shape index (κ1) is 14.8. The van der Waals surface area contributed by atoms with Crippen molar-refractivity contribution in [3.8, 4) is 5.75 Å². The largest absolute Gasteiger partial charge is 0.508 e. The van der Waals surface area contributed by atoms with E-state index in [9.17, 15) is 15.2 Å². The third-order valence-corrected chi connectivity index (χ3v) is 5.13. The van der Waals surface area contributed by atoms with E-state index < -0.39 is 0 Å². The first-order valence-corrected chi connectivity index (χ1v) is 8.06. The van der Waals surface area contributed by atoms with E-state index in [0.29, 0.717) is 0 Å². The number of para-hydroxylation sites is 1. The standard InChI is InChI=1S/C19H18N2O3/c1-11-9-12(21(23)24)10-16-13-6-4-7-14(13)19(20-18(11)16)15-5-2-3-8-17(15)22/h2-6,8-10,13-14,19-20,22H,7H2,1H3. The van der Waals surface area contributed by atoms with Gasteiger partial charge in [-0.05, 0) is 36.5 Å². The molecular formula is C19H18N2O3. The topological polar surface area (TPSA) is 75.4 Å². The van der Waals surface area contributed by atoms with Crippen LogP contribution in [0.25, 0.3) is 0 Å². The van der Waals surface area contributed by atoms with Gasteiger partial charge < -0.3 is 10.4 Å². The zero-order chi connectivity index (χ0) is 16.8. The minimum atomic E-state index is -0.337. The Hall–Kier alpha value is -2.82. The summed E-state index contributed by atoms with van der Waals surface area (Å²) in [5, 5.41) is 25.0. The molecule has 0 bridgehead atoms. The fourth-order valence-corrected chi connectivity index (χ4v) is 4.03. The lowest BCUT2D eigenvalue weighted by atomic mass is 9.76. The monoisotopic (exact) mass is 322 g/mol. The van der Waals surface area contributed by atoms with Gasteiger partial charge in [0.25, 0.3) is 5.69 Å². The number of phenolic OH excluding ortho intramolecular Hbond substituents is 1. The molecule has 0 saturated carbocycles. The number of nitro groups is 1. The second-order valence-corrected chi connectivity index (χ2v) is 6.52. The Kier molecular flexibility index (Phi) is 3.30. The summed E-state index contributed by atoms with van der Waals surface area (Å²) >= 11 is 0. The summed E-state index contributed by atoms with van der Waals surface area (Å²) in [5.41, 5.74) is 3.79. The van der Waals surface area contributed by atoms with Crippen molar-refractivity contribution >= 4 is 11.4 Å². The van der Waals surface area contributed by atoms with E-state index >= 15 is 0 Å². The third-order valence-electron chi connectivity index (χ3n) is 5.13. The molecule has 5 heteroatoms. The molecule has 2 aliphatic rings. The Morgan fingerprint density at radius 2 is 2.04 bits per heavy atom. The van der Waals surface area contributed by atoms with Crippen LogP contribution < -0.4 is 5.32 Å². The van der Waals surface area contributed by atoms with Gasteiger partial charge in [-0.1, -0.05) is 30.4 Å². The molecule has 0 spiro atoms. The van der Waals surface area contributed by atoms with Crippen molar-refractivity contribution < 1.29 is 10.0 Å². The minimum absolute atomic E-state index is 0.0149. The Bertz CT molecular complexity index is 860. The third kappa shape index (κ3) is 2.16. The number of aromatic hydroxyl groups is 1. The molecule has 0 aromatic heterocycles. The van der Waals surface area contributed by atoms with Crippen molar-refractivity contribution in [1.82, 2.24) is 0 Å². The van der Waals surface area contributed by atoms with Crippen LogP contribution in [0.5, 0.6) is 5.75 Å². The van der Waals surface area contributed by atoms with Gasteiger partial charge in [-0.3, -0.25) is 10.1 Å². The number of nitrogens with zero attached hydrogens (tertiary/aromatic N) is 1. The van der Waals surface area contributed by atoms with E-state index in [-0.39, 0.29) is 34.2 Å². The highest BCUT2D eigenvalue weighted by Crippen LogP contribution is 2.52. The first-order valence-electron chi connectivity index (χ1n) is 8.06. The number of fused-ring (bicyclic) bond motifs is 3. The number of anilines is 1. The lowest BCUT2D eigenvalue weighted by Gasteiger charge is -2.38. The molecule has 3 atom stereocenters. The van der Waals surface area contributed by atoms with E-state index in [1.165, 1.54) is 0 Å². The van der Waals surface area contributed by atoms with Crippen molar-refractivity contribution in [1.29, 1.82) is 0 Å². The number of allylic oxidation sites excluding steroid dienone is 2. The van der Waals surface area contributed by atoms with E-state index in [1.54, 1.807) is 18.2 Å². The van der Waals surface area contributed by atoms with Crippen LogP contribution in [0, 0.1) is 23.0 Å². The van der Waals surface area contributed by atoms with Gasteiger partial charge in [0.15, 0.2) is 0 Å². The SMILES string of the molecule is Cc1cc([N+](=O)[O-])cc2c1NC(c1ccccc1O)C1CC=CC21. The van der Waals surface area contributed by atoms with Crippen LogP contribution in [0.2, 0.25) is 0 Å². The average molecular weight is 322 g/mol. The molecule has 2 N–H and O–H groups in total. The Balaban J connectivity index is 1.85. The van der Waals surface area contributed by atoms with Crippen LogP contribution >= 0.6 is 0 Å². The summed E-state index contributed by atoms with van der Waals surface area (Å²) < 4.78 is 0. The number of aryl methyl sites for hydroxylation is 1. The smallest absolute Gasteiger partial charge is 0.270 e. The van der Waals surface area contributed by atoms with Crippen LogP contribution in [0.4, 0.5) is 11.4 Å². The highest BCUT2D eigenvalue weighted by Gasteiger charge is 2.40. The molecule has 0 fully saturated rings. The summed E-state index contributed by atoms with van der Waals surface area (Å²) in [7, 11) is 0. The summed E-state index contributed by atoms with van der Waals surface area (Å²) in [5.74, 6) is 0.653.